The van der Waals surface area contributed by atoms with E-state index < -0.39 is 27.9 Å². The Bertz CT molecular complexity index is 1200. The zero-order valence-electron chi connectivity index (χ0n) is 17.7. The summed E-state index contributed by atoms with van der Waals surface area (Å²) in [6.07, 6.45) is 0. The van der Waals surface area contributed by atoms with E-state index in [1.54, 1.807) is 55.7 Å². The lowest BCUT2D eigenvalue weighted by molar-refractivity contribution is -0.134. The van der Waals surface area contributed by atoms with Crippen LogP contribution < -0.4 is 10.2 Å². The Hall–Kier alpha value is -2.65. The van der Waals surface area contributed by atoms with E-state index in [0.717, 1.165) is 15.1 Å². The fourth-order valence-electron chi connectivity index (χ4n) is 3.51. The molecule has 3 aromatic carbocycles. The Kier molecular flexibility index (Phi) is 7.73. The Morgan fingerprint density at radius 3 is 2.44 bits per heavy atom. The van der Waals surface area contributed by atoms with Gasteiger partial charge in [0.25, 0.3) is 5.91 Å². The molecule has 0 radical (unpaired) electrons. The SMILES string of the molecule is CC(C)[C@H](C(=O)NO)N(CCOc1cccc(Cl)c1)S(=O)(=O)c1ccc2ccccc2c1. The van der Waals surface area contributed by atoms with Crippen LogP contribution in [-0.4, -0.2) is 43.0 Å². The molecule has 170 valence electrons. The standard InChI is InChI=1S/C23H25ClN2O5S/c1-16(2)22(23(27)25-28)26(12-13-31-20-9-5-8-19(24)15-20)32(29,30)21-11-10-17-6-3-4-7-18(17)14-21/h3-11,14-16,22,28H,12-13H2,1-2H3,(H,25,27)/t22-/m1/s1. The number of rotatable bonds is 9. The number of carbonyl (C=O) groups excluding carboxylic acids is 1. The molecule has 32 heavy (non-hydrogen) atoms. The normalized spacial score (nSPS) is 12.8. The quantitative estimate of drug-likeness (QED) is 0.358. The first-order valence-electron chi connectivity index (χ1n) is 10.1. The van der Waals surface area contributed by atoms with Crippen molar-refractivity contribution in [2.24, 2.45) is 5.92 Å². The van der Waals surface area contributed by atoms with Gasteiger partial charge in [0, 0.05) is 11.6 Å². The molecule has 0 aromatic heterocycles. The molecule has 0 spiro atoms. The molecule has 3 rings (SSSR count). The van der Waals surface area contributed by atoms with Crippen LogP contribution in [0, 0.1) is 5.92 Å². The molecule has 0 heterocycles. The van der Waals surface area contributed by atoms with Crippen LogP contribution in [0.2, 0.25) is 5.02 Å². The molecule has 9 heteroatoms. The van der Waals surface area contributed by atoms with Crippen LogP contribution in [0.15, 0.2) is 71.6 Å². The van der Waals surface area contributed by atoms with Crippen LogP contribution in [0.4, 0.5) is 0 Å². The second-order valence-electron chi connectivity index (χ2n) is 7.60. The van der Waals surface area contributed by atoms with E-state index in [0.29, 0.717) is 10.8 Å². The zero-order chi connectivity index (χ0) is 23.3. The summed E-state index contributed by atoms with van der Waals surface area (Å²) < 4.78 is 34.0. The molecule has 3 aromatic rings. The van der Waals surface area contributed by atoms with Gasteiger partial charge in [-0.3, -0.25) is 10.0 Å². The summed E-state index contributed by atoms with van der Waals surface area (Å²) >= 11 is 5.97. The van der Waals surface area contributed by atoms with Crippen LogP contribution >= 0.6 is 11.6 Å². The van der Waals surface area contributed by atoms with E-state index in [9.17, 15) is 18.4 Å². The molecule has 0 unspecified atom stereocenters. The maximum Gasteiger partial charge on any atom is 0.262 e. The fourth-order valence-corrected chi connectivity index (χ4v) is 5.43. The van der Waals surface area contributed by atoms with E-state index >= 15 is 0 Å². The lowest BCUT2D eigenvalue weighted by Gasteiger charge is -2.31. The molecule has 2 N–H and O–H groups in total. The number of hydrogen-bond donors (Lipinski definition) is 2. The van der Waals surface area contributed by atoms with Crippen molar-refractivity contribution in [1.82, 2.24) is 9.79 Å². The summed E-state index contributed by atoms with van der Waals surface area (Å²) in [6, 6.07) is 17.8. The van der Waals surface area contributed by atoms with Gasteiger partial charge < -0.3 is 4.74 Å². The first-order chi connectivity index (χ1) is 15.2. The number of hydrogen-bond acceptors (Lipinski definition) is 5. The van der Waals surface area contributed by atoms with Gasteiger partial charge in [0.05, 0.1) is 4.90 Å². The molecule has 7 nitrogen and oxygen atoms in total. The summed E-state index contributed by atoms with van der Waals surface area (Å²) in [7, 11) is -4.10. The van der Waals surface area contributed by atoms with Crippen LogP contribution in [0.5, 0.6) is 5.75 Å². The second-order valence-corrected chi connectivity index (χ2v) is 9.92. The fraction of sp³-hybridized carbons (Fsp3) is 0.261. The number of nitrogens with one attached hydrogen (secondary N) is 1. The molecule has 0 aliphatic heterocycles. The summed E-state index contributed by atoms with van der Waals surface area (Å²) in [5, 5.41) is 11.4. The summed E-state index contributed by atoms with van der Waals surface area (Å²) in [4.78, 5) is 12.5. The van der Waals surface area contributed by atoms with Gasteiger partial charge in [0.1, 0.15) is 18.4 Å². The van der Waals surface area contributed by atoms with Gasteiger partial charge in [0.15, 0.2) is 0 Å². The van der Waals surface area contributed by atoms with Crippen molar-refractivity contribution in [2.45, 2.75) is 24.8 Å². The molecular formula is C23H25ClN2O5S. The number of halogens is 1. The number of hydroxylamine groups is 1. The van der Waals surface area contributed by atoms with Crippen molar-refractivity contribution in [2.75, 3.05) is 13.2 Å². The van der Waals surface area contributed by atoms with Crippen LogP contribution in [0.25, 0.3) is 10.8 Å². The summed E-state index contributed by atoms with van der Waals surface area (Å²) in [5.74, 6) is -0.746. The van der Waals surface area contributed by atoms with Crippen LogP contribution in [0.3, 0.4) is 0 Å². The van der Waals surface area contributed by atoms with E-state index in [-0.39, 0.29) is 18.0 Å². The third kappa shape index (κ3) is 5.39. The minimum atomic E-state index is -4.10. The summed E-state index contributed by atoms with van der Waals surface area (Å²) in [6.45, 7) is 3.29. The molecular weight excluding hydrogens is 452 g/mol. The van der Waals surface area contributed by atoms with Crippen LogP contribution in [-0.2, 0) is 14.8 Å². The lowest BCUT2D eigenvalue weighted by Crippen LogP contribution is -2.52. The highest BCUT2D eigenvalue weighted by Crippen LogP contribution is 2.26. The Morgan fingerprint density at radius 2 is 1.78 bits per heavy atom. The van der Waals surface area contributed by atoms with Crippen molar-refractivity contribution in [1.29, 1.82) is 0 Å². The van der Waals surface area contributed by atoms with Crippen molar-refractivity contribution in [3.63, 3.8) is 0 Å². The maximum absolute atomic E-state index is 13.6. The Balaban J connectivity index is 1.96. The van der Waals surface area contributed by atoms with Gasteiger partial charge in [-0.2, -0.15) is 4.31 Å². The highest BCUT2D eigenvalue weighted by molar-refractivity contribution is 7.89. The van der Waals surface area contributed by atoms with Gasteiger partial charge in [-0.15, -0.1) is 0 Å². The maximum atomic E-state index is 13.6. The number of sulfonamides is 1. The second kappa shape index (κ2) is 10.3. The van der Waals surface area contributed by atoms with E-state index in [2.05, 4.69) is 0 Å². The predicted molar refractivity (Wildman–Crippen MR) is 123 cm³/mol. The first kappa shape index (κ1) is 24.0. The highest BCUT2D eigenvalue weighted by atomic mass is 35.5. The predicted octanol–water partition coefficient (Wildman–Crippen LogP) is 4.09. The molecule has 0 saturated carbocycles. The molecule has 0 saturated heterocycles. The monoisotopic (exact) mass is 476 g/mol. The average molecular weight is 477 g/mol. The smallest absolute Gasteiger partial charge is 0.262 e. The number of carbonyl (C=O) groups is 1. The summed E-state index contributed by atoms with van der Waals surface area (Å²) in [5.41, 5.74) is 1.59. The largest absolute Gasteiger partial charge is 0.492 e. The zero-order valence-corrected chi connectivity index (χ0v) is 19.3. The van der Waals surface area contributed by atoms with Crippen molar-refractivity contribution in [3.05, 3.63) is 71.8 Å². The molecule has 0 aliphatic carbocycles. The van der Waals surface area contributed by atoms with Crippen LogP contribution in [0.1, 0.15) is 13.8 Å². The topological polar surface area (TPSA) is 95.9 Å². The highest BCUT2D eigenvalue weighted by Gasteiger charge is 2.38. The van der Waals surface area contributed by atoms with Crippen molar-refractivity contribution in [3.8, 4) is 5.75 Å². The molecule has 0 fully saturated rings. The van der Waals surface area contributed by atoms with E-state index in [1.165, 1.54) is 6.07 Å². The molecule has 1 amide bonds. The number of ether oxygens (including phenoxy) is 1. The number of nitrogens with zero attached hydrogens (tertiary/aromatic N) is 1. The number of amides is 1. The van der Waals surface area contributed by atoms with Crippen molar-refractivity contribution < 1.29 is 23.2 Å². The van der Waals surface area contributed by atoms with Gasteiger partial charge >= 0.3 is 0 Å². The molecule has 0 bridgehead atoms. The lowest BCUT2D eigenvalue weighted by atomic mass is 10.0. The molecule has 0 aliphatic rings. The number of fused-ring (bicyclic) bond motifs is 1. The van der Waals surface area contributed by atoms with Gasteiger partial charge in [-0.1, -0.05) is 61.8 Å². The van der Waals surface area contributed by atoms with E-state index in [1.807, 2.05) is 24.3 Å². The Morgan fingerprint density at radius 1 is 1.06 bits per heavy atom. The van der Waals surface area contributed by atoms with Crippen molar-refractivity contribution >= 4 is 38.3 Å². The Labute approximate surface area is 192 Å². The van der Waals surface area contributed by atoms with Gasteiger partial charge in [0.2, 0.25) is 10.0 Å². The van der Waals surface area contributed by atoms with E-state index in [4.69, 9.17) is 16.3 Å². The third-order valence-corrected chi connectivity index (χ3v) is 7.14. The minimum absolute atomic E-state index is 0.0188. The number of benzene rings is 3. The van der Waals surface area contributed by atoms with Gasteiger partial charge in [-0.25, -0.2) is 13.9 Å². The molecule has 1 atom stereocenters. The minimum Gasteiger partial charge on any atom is -0.492 e. The van der Waals surface area contributed by atoms with Gasteiger partial charge in [-0.05, 0) is 47.0 Å². The third-order valence-electron chi connectivity index (χ3n) is 5.02. The average Bonchev–Trinajstić information content (AvgIpc) is 2.77. The first-order valence-corrected chi connectivity index (χ1v) is 11.9.